The highest BCUT2D eigenvalue weighted by Gasteiger charge is 2.15. The van der Waals surface area contributed by atoms with Crippen LogP contribution in [0.1, 0.15) is 16.1 Å². The Morgan fingerprint density at radius 3 is 2.79 bits per heavy atom. The van der Waals surface area contributed by atoms with E-state index in [4.69, 9.17) is 4.42 Å². The maximum Gasteiger partial charge on any atom is 0.329 e. The lowest BCUT2D eigenvalue weighted by Crippen LogP contribution is -2.37. The zero-order chi connectivity index (χ0) is 14.0. The van der Waals surface area contributed by atoms with E-state index in [2.05, 4.69) is 4.98 Å². The van der Waals surface area contributed by atoms with Crippen molar-refractivity contribution in [3.05, 3.63) is 50.6 Å². The van der Waals surface area contributed by atoms with E-state index >= 15 is 0 Å². The average Bonchev–Trinajstić information content (AvgIpc) is 2.88. The summed E-state index contributed by atoms with van der Waals surface area (Å²) in [5.74, 6) is 0.834. The van der Waals surface area contributed by atoms with Gasteiger partial charge in [0.2, 0.25) is 0 Å². The van der Waals surface area contributed by atoms with E-state index in [1.807, 2.05) is 0 Å². The summed E-state index contributed by atoms with van der Waals surface area (Å²) in [6.07, 6.45) is 1.96. The van der Waals surface area contributed by atoms with Crippen molar-refractivity contribution >= 4 is 12.1 Å². The second-order valence-corrected chi connectivity index (χ2v) is 4.11. The van der Waals surface area contributed by atoms with Gasteiger partial charge >= 0.3 is 5.69 Å². The molecule has 100 valence electrons. The van der Waals surface area contributed by atoms with Crippen molar-refractivity contribution in [3.8, 4) is 0 Å². The number of rotatable bonds is 4. The smallest absolute Gasteiger partial charge is 0.329 e. The summed E-state index contributed by atoms with van der Waals surface area (Å²) in [6, 6.07) is 3.49. The number of anilines is 1. The second-order valence-electron chi connectivity index (χ2n) is 4.11. The van der Waals surface area contributed by atoms with Crippen LogP contribution < -0.4 is 16.1 Å². The number of hydrogen-bond donors (Lipinski definition) is 1. The molecule has 0 fully saturated rings. The number of hydrogen-bond acceptors (Lipinski definition) is 5. The van der Waals surface area contributed by atoms with Crippen LogP contribution in [-0.4, -0.2) is 22.9 Å². The molecule has 0 radical (unpaired) electrons. The SMILES string of the molecule is CN(Cc1ccco1)c1[nH]c(=O)n(C)c(=O)c1C=O. The number of furan rings is 1. The molecule has 2 heterocycles. The molecule has 0 atom stereocenters. The monoisotopic (exact) mass is 263 g/mol. The number of aldehydes is 1. The highest BCUT2D eigenvalue weighted by molar-refractivity contribution is 5.82. The van der Waals surface area contributed by atoms with Crippen LogP contribution in [0.25, 0.3) is 0 Å². The maximum absolute atomic E-state index is 11.8. The van der Waals surface area contributed by atoms with Crippen molar-refractivity contribution in [1.82, 2.24) is 9.55 Å². The minimum atomic E-state index is -0.625. The zero-order valence-electron chi connectivity index (χ0n) is 10.5. The Labute approximate surface area is 108 Å². The fraction of sp³-hybridized carbons (Fsp3) is 0.250. The van der Waals surface area contributed by atoms with Gasteiger partial charge in [-0.3, -0.25) is 19.1 Å². The van der Waals surface area contributed by atoms with E-state index in [0.29, 0.717) is 18.6 Å². The van der Waals surface area contributed by atoms with Gasteiger partial charge in [-0.15, -0.1) is 0 Å². The number of aromatic nitrogens is 2. The lowest BCUT2D eigenvalue weighted by Gasteiger charge is -2.18. The molecule has 7 heteroatoms. The Balaban J connectivity index is 2.47. The van der Waals surface area contributed by atoms with Crippen molar-refractivity contribution in [1.29, 1.82) is 0 Å². The highest BCUT2D eigenvalue weighted by atomic mass is 16.3. The number of nitrogens with zero attached hydrogens (tertiary/aromatic N) is 2. The molecule has 0 bridgehead atoms. The first kappa shape index (κ1) is 12.9. The van der Waals surface area contributed by atoms with Crippen LogP contribution in [0.3, 0.4) is 0 Å². The summed E-state index contributed by atoms with van der Waals surface area (Å²) >= 11 is 0. The van der Waals surface area contributed by atoms with E-state index in [1.54, 1.807) is 24.1 Å². The summed E-state index contributed by atoms with van der Waals surface area (Å²) in [6.45, 7) is 0.330. The fourth-order valence-corrected chi connectivity index (χ4v) is 1.75. The number of carbonyl (C=O) groups excluding carboxylic acids is 1. The third-order valence-corrected chi connectivity index (χ3v) is 2.79. The molecule has 2 aromatic heterocycles. The summed E-state index contributed by atoms with van der Waals surface area (Å²) in [5, 5.41) is 0. The summed E-state index contributed by atoms with van der Waals surface area (Å²) < 4.78 is 6.03. The summed E-state index contributed by atoms with van der Waals surface area (Å²) in [4.78, 5) is 38.5. The Morgan fingerprint density at radius 2 is 2.21 bits per heavy atom. The Kier molecular flexibility index (Phi) is 3.37. The van der Waals surface area contributed by atoms with E-state index in [9.17, 15) is 14.4 Å². The largest absolute Gasteiger partial charge is 0.467 e. The molecule has 0 aliphatic rings. The van der Waals surface area contributed by atoms with E-state index < -0.39 is 11.2 Å². The van der Waals surface area contributed by atoms with Crippen molar-refractivity contribution < 1.29 is 9.21 Å². The molecular weight excluding hydrogens is 250 g/mol. The van der Waals surface area contributed by atoms with Gasteiger partial charge in [-0.1, -0.05) is 0 Å². The van der Waals surface area contributed by atoms with Gasteiger partial charge in [0.1, 0.15) is 17.1 Å². The quantitative estimate of drug-likeness (QED) is 0.791. The molecule has 0 saturated carbocycles. The lowest BCUT2D eigenvalue weighted by molar-refractivity contribution is 0.112. The van der Waals surface area contributed by atoms with Gasteiger partial charge in [-0.25, -0.2) is 4.79 Å². The van der Waals surface area contributed by atoms with Gasteiger partial charge in [0.25, 0.3) is 5.56 Å². The lowest BCUT2D eigenvalue weighted by atomic mass is 10.3. The molecule has 0 aromatic carbocycles. The van der Waals surface area contributed by atoms with Crippen LogP contribution in [0.4, 0.5) is 5.82 Å². The zero-order valence-corrected chi connectivity index (χ0v) is 10.5. The summed E-state index contributed by atoms with van der Waals surface area (Å²) in [5.41, 5.74) is -1.28. The molecule has 2 rings (SSSR count). The number of carbonyl (C=O) groups is 1. The minimum Gasteiger partial charge on any atom is -0.467 e. The highest BCUT2D eigenvalue weighted by Crippen LogP contribution is 2.13. The third kappa shape index (κ3) is 2.35. The maximum atomic E-state index is 11.8. The van der Waals surface area contributed by atoms with Crippen LogP contribution in [0.5, 0.6) is 0 Å². The molecule has 19 heavy (non-hydrogen) atoms. The minimum absolute atomic E-state index is 0.0869. The second kappa shape index (κ2) is 4.97. The van der Waals surface area contributed by atoms with Crippen molar-refractivity contribution in [2.24, 2.45) is 7.05 Å². The first-order chi connectivity index (χ1) is 9.04. The normalized spacial score (nSPS) is 10.4. The molecule has 0 aliphatic carbocycles. The van der Waals surface area contributed by atoms with Crippen LogP contribution in [0, 0.1) is 0 Å². The topological polar surface area (TPSA) is 88.3 Å². The van der Waals surface area contributed by atoms with Gasteiger partial charge in [0, 0.05) is 14.1 Å². The standard InChI is InChI=1S/C12H13N3O4/c1-14(6-8-4-3-5-19-8)10-9(7-16)11(17)15(2)12(18)13-10/h3-5,7H,6H2,1-2H3,(H,13,18). The van der Waals surface area contributed by atoms with Gasteiger partial charge in [0.15, 0.2) is 6.29 Å². The predicted octanol–water partition coefficient (Wildman–Crippen LogP) is 0.115. The molecule has 0 spiro atoms. The van der Waals surface area contributed by atoms with Crippen molar-refractivity contribution in [2.45, 2.75) is 6.54 Å². The molecular formula is C12H13N3O4. The van der Waals surface area contributed by atoms with Gasteiger partial charge in [-0.2, -0.15) is 0 Å². The molecule has 7 nitrogen and oxygen atoms in total. The molecule has 0 amide bonds. The van der Waals surface area contributed by atoms with Gasteiger partial charge in [-0.05, 0) is 12.1 Å². The van der Waals surface area contributed by atoms with E-state index in [-0.39, 0.29) is 11.4 Å². The summed E-state index contributed by atoms with van der Waals surface area (Å²) in [7, 11) is 2.96. The molecule has 0 unspecified atom stereocenters. The number of nitrogens with one attached hydrogen (secondary N) is 1. The molecule has 0 saturated heterocycles. The van der Waals surface area contributed by atoms with Crippen molar-refractivity contribution in [3.63, 3.8) is 0 Å². The van der Waals surface area contributed by atoms with Crippen LogP contribution in [0.15, 0.2) is 32.4 Å². The van der Waals surface area contributed by atoms with Gasteiger partial charge < -0.3 is 9.32 Å². The van der Waals surface area contributed by atoms with Crippen LogP contribution in [0.2, 0.25) is 0 Å². The average molecular weight is 263 g/mol. The number of H-pyrrole nitrogens is 1. The molecule has 0 aliphatic heterocycles. The Hall–Kier alpha value is -2.57. The Morgan fingerprint density at radius 1 is 1.47 bits per heavy atom. The Bertz CT molecular complexity index is 697. The van der Waals surface area contributed by atoms with E-state index in [0.717, 1.165) is 4.57 Å². The van der Waals surface area contributed by atoms with E-state index in [1.165, 1.54) is 13.3 Å². The van der Waals surface area contributed by atoms with Crippen LogP contribution in [-0.2, 0) is 13.6 Å². The molecule has 1 N–H and O–H groups in total. The third-order valence-electron chi connectivity index (χ3n) is 2.79. The number of aromatic amines is 1. The fourth-order valence-electron chi connectivity index (χ4n) is 1.75. The first-order valence-electron chi connectivity index (χ1n) is 5.56. The van der Waals surface area contributed by atoms with Crippen LogP contribution >= 0.6 is 0 Å². The molecule has 2 aromatic rings. The first-order valence-corrected chi connectivity index (χ1v) is 5.56. The van der Waals surface area contributed by atoms with Crippen molar-refractivity contribution in [2.75, 3.05) is 11.9 Å². The van der Waals surface area contributed by atoms with Gasteiger partial charge in [0.05, 0.1) is 12.8 Å². The predicted molar refractivity (Wildman–Crippen MR) is 68.5 cm³/mol.